The predicted molar refractivity (Wildman–Crippen MR) is 60.0 cm³/mol. The van der Waals surface area contributed by atoms with Gasteiger partial charge in [0.2, 0.25) is 0 Å². The molecule has 0 atom stereocenters. The van der Waals surface area contributed by atoms with Gasteiger partial charge in [-0.25, -0.2) is 0 Å². The zero-order chi connectivity index (χ0) is 9.84. The van der Waals surface area contributed by atoms with Crippen LogP contribution in [0.25, 0.3) is 0 Å². The normalized spacial score (nSPS) is 10.2. The minimum Gasteiger partial charge on any atom is -0.383 e. The van der Waals surface area contributed by atoms with Crippen LogP contribution in [0.3, 0.4) is 0 Å². The van der Waals surface area contributed by atoms with E-state index in [0.717, 1.165) is 29.2 Å². The highest BCUT2D eigenvalue weighted by Gasteiger charge is 2.06. The lowest BCUT2D eigenvalue weighted by Gasteiger charge is -2.10. The molecule has 0 saturated heterocycles. The van der Waals surface area contributed by atoms with Crippen LogP contribution in [-0.4, -0.2) is 6.54 Å². The van der Waals surface area contributed by atoms with Crippen molar-refractivity contribution in [3.05, 3.63) is 27.7 Å². The number of anilines is 1. The lowest BCUT2D eigenvalue weighted by Crippen LogP contribution is -2.01. The van der Waals surface area contributed by atoms with Crippen molar-refractivity contribution in [3.8, 4) is 0 Å². The SMILES string of the molecule is CCCNc1c(Cl)ccc(C)c1Cl. The van der Waals surface area contributed by atoms with Crippen LogP contribution in [0.2, 0.25) is 10.0 Å². The van der Waals surface area contributed by atoms with E-state index in [1.165, 1.54) is 0 Å². The largest absolute Gasteiger partial charge is 0.383 e. The van der Waals surface area contributed by atoms with Crippen molar-refractivity contribution in [1.82, 2.24) is 0 Å². The molecule has 72 valence electrons. The Morgan fingerprint density at radius 3 is 2.62 bits per heavy atom. The highest BCUT2D eigenvalue weighted by atomic mass is 35.5. The second-order valence-electron chi connectivity index (χ2n) is 2.98. The molecule has 0 bridgehead atoms. The maximum absolute atomic E-state index is 6.09. The summed E-state index contributed by atoms with van der Waals surface area (Å²) < 4.78 is 0. The topological polar surface area (TPSA) is 12.0 Å². The van der Waals surface area contributed by atoms with Crippen LogP contribution >= 0.6 is 23.2 Å². The van der Waals surface area contributed by atoms with Crippen LogP contribution in [0.4, 0.5) is 5.69 Å². The van der Waals surface area contributed by atoms with Gasteiger partial charge in [-0.1, -0.05) is 36.2 Å². The molecule has 1 aromatic rings. The number of hydrogen-bond donors (Lipinski definition) is 1. The Labute approximate surface area is 89.0 Å². The van der Waals surface area contributed by atoms with Crippen molar-refractivity contribution < 1.29 is 0 Å². The van der Waals surface area contributed by atoms with Gasteiger partial charge in [0.1, 0.15) is 0 Å². The summed E-state index contributed by atoms with van der Waals surface area (Å²) >= 11 is 12.1. The van der Waals surface area contributed by atoms with Crippen molar-refractivity contribution >= 4 is 28.9 Å². The first-order valence-electron chi connectivity index (χ1n) is 4.35. The van der Waals surface area contributed by atoms with Gasteiger partial charge in [-0.2, -0.15) is 0 Å². The van der Waals surface area contributed by atoms with E-state index in [0.29, 0.717) is 5.02 Å². The number of hydrogen-bond acceptors (Lipinski definition) is 1. The zero-order valence-electron chi connectivity index (χ0n) is 7.82. The van der Waals surface area contributed by atoms with Crippen LogP contribution in [0.1, 0.15) is 18.9 Å². The summed E-state index contributed by atoms with van der Waals surface area (Å²) in [6.07, 6.45) is 1.06. The average molecular weight is 218 g/mol. The van der Waals surface area contributed by atoms with Gasteiger partial charge in [0.15, 0.2) is 0 Å². The fraction of sp³-hybridized carbons (Fsp3) is 0.400. The Bertz CT molecular complexity index is 297. The molecule has 0 heterocycles. The van der Waals surface area contributed by atoms with Gasteiger partial charge in [0, 0.05) is 6.54 Å². The Hall–Kier alpha value is -0.400. The van der Waals surface area contributed by atoms with Crippen LogP contribution in [0.5, 0.6) is 0 Å². The van der Waals surface area contributed by atoms with E-state index >= 15 is 0 Å². The number of benzene rings is 1. The van der Waals surface area contributed by atoms with Gasteiger partial charge in [-0.15, -0.1) is 0 Å². The molecule has 1 N–H and O–H groups in total. The van der Waals surface area contributed by atoms with Crippen LogP contribution < -0.4 is 5.32 Å². The zero-order valence-corrected chi connectivity index (χ0v) is 9.34. The summed E-state index contributed by atoms with van der Waals surface area (Å²) in [4.78, 5) is 0. The van der Waals surface area contributed by atoms with Gasteiger partial charge in [-0.3, -0.25) is 0 Å². The first-order valence-corrected chi connectivity index (χ1v) is 5.11. The Kier molecular flexibility index (Phi) is 3.89. The molecule has 1 rings (SSSR count). The third-order valence-corrected chi connectivity index (χ3v) is 2.64. The second kappa shape index (κ2) is 4.73. The van der Waals surface area contributed by atoms with E-state index < -0.39 is 0 Å². The maximum atomic E-state index is 6.09. The monoisotopic (exact) mass is 217 g/mol. The molecule has 3 heteroatoms. The first-order chi connectivity index (χ1) is 6.16. The predicted octanol–water partition coefficient (Wildman–Crippen LogP) is 4.12. The third kappa shape index (κ3) is 2.52. The third-order valence-electron chi connectivity index (χ3n) is 1.84. The molecule has 0 aliphatic rings. The summed E-state index contributed by atoms with van der Waals surface area (Å²) in [5.74, 6) is 0. The van der Waals surface area contributed by atoms with E-state index in [1.807, 2.05) is 19.1 Å². The van der Waals surface area contributed by atoms with Crippen molar-refractivity contribution in [2.75, 3.05) is 11.9 Å². The molecule has 0 spiro atoms. The molecule has 0 aliphatic heterocycles. The van der Waals surface area contributed by atoms with Gasteiger partial charge in [0.05, 0.1) is 15.7 Å². The lowest BCUT2D eigenvalue weighted by atomic mass is 10.2. The molecule has 0 radical (unpaired) electrons. The van der Waals surface area contributed by atoms with Crippen LogP contribution in [0.15, 0.2) is 12.1 Å². The summed E-state index contributed by atoms with van der Waals surface area (Å²) in [6, 6.07) is 3.78. The van der Waals surface area contributed by atoms with Gasteiger partial charge >= 0.3 is 0 Å². The summed E-state index contributed by atoms with van der Waals surface area (Å²) in [6.45, 7) is 4.96. The fourth-order valence-electron chi connectivity index (χ4n) is 1.07. The first kappa shape index (κ1) is 10.7. The Morgan fingerprint density at radius 1 is 1.31 bits per heavy atom. The number of nitrogens with one attached hydrogen (secondary N) is 1. The highest BCUT2D eigenvalue weighted by molar-refractivity contribution is 6.39. The van der Waals surface area contributed by atoms with Gasteiger partial charge in [-0.05, 0) is 25.0 Å². The van der Waals surface area contributed by atoms with Crippen molar-refractivity contribution in [1.29, 1.82) is 0 Å². The average Bonchev–Trinajstić information content (AvgIpc) is 2.12. The number of halogens is 2. The van der Waals surface area contributed by atoms with Crippen LogP contribution in [0, 0.1) is 6.92 Å². The molecule has 13 heavy (non-hydrogen) atoms. The summed E-state index contributed by atoms with van der Waals surface area (Å²) in [5.41, 5.74) is 1.90. The summed E-state index contributed by atoms with van der Waals surface area (Å²) in [5, 5.41) is 4.62. The van der Waals surface area contributed by atoms with Gasteiger partial charge < -0.3 is 5.32 Å². The fourth-order valence-corrected chi connectivity index (χ4v) is 1.57. The minimum absolute atomic E-state index is 0.684. The number of aryl methyl sites for hydroxylation is 1. The molecular weight excluding hydrogens is 205 g/mol. The Balaban J connectivity index is 2.96. The van der Waals surface area contributed by atoms with Gasteiger partial charge in [0.25, 0.3) is 0 Å². The van der Waals surface area contributed by atoms with Crippen molar-refractivity contribution in [3.63, 3.8) is 0 Å². The van der Waals surface area contributed by atoms with E-state index in [-0.39, 0.29) is 0 Å². The molecule has 1 nitrogen and oxygen atoms in total. The molecule has 0 unspecified atom stereocenters. The quantitative estimate of drug-likeness (QED) is 0.804. The smallest absolute Gasteiger partial charge is 0.0721 e. The minimum atomic E-state index is 0.684. The van der Waals surface area contributed by atoms with Crippen molar-refractivity contribution in [2.45, 2.75) is 20.3 Å². The van der Waals surface area contributed by atoms with E-state index in [9.17, 15) is 0 Å². The maximum Gasteiger partial charge on any atom is 0.0721 e. The number of rotatable bonds is 3. The molecule has 0 aliphatic carbocycles. The van der Waals surface area contributed by atoms with Crippen LogP contribution in [-0.2, 0) is 0 Å². The standard InChI is InChI=1S/C10H13Cl2N/c1-3-6-13-10-8(11)5-4-7(2)9(10)12/h4-5,13H,3,6H2,1-2H3. The molecular formula is C10H13Cl2N. The molecule has 1 aromatic carbocycles. The second-order valence-corrected chi connectivity index (χ2v) is 3.77. The molecule has 0 aromatic heterocycles. The molecule has 0 amide bonds. The molecule has 0 saturated carbocycles. The van der Waals surface area contributed by atoms with E-state index in [1.54, 1.807) is 0 Å². The lowest BCUT2D eigenvalue weighted by molar-refractivity contribution is 0.979. The molecule has 0 fully saturated rings. The van der Waals surface area contributed by atoms with E-state index in [4.69, 9.17) is 23.2 Å². The Morgan fingerprint density at radius 2 is 2.00 bits per heavy atom. The van der Waals surface area contributed by atoms with Crippen molar-refractivity contribution in [2.24, 2.45) is 0 Å². The highest BCUT2D eigenvalue weighted by Crippen LogP contribution is 2.32. The van der Waals surface area contributed by atoms with E-state index in [2.05, 4.69) is 12.2 Å². The summed E-state index contributed by atoms with van der Waals surface area (Å²) in [7, 11) is 0.